The van der Waals surface area contributed by atoms with Gasteiger partial charge in [-0.2, -0.15) is 0 Å². The number of benzene rings is 1. The largest absolute Gasteiger partial charge is 0.507 e. The SMILES string of the molecule is Cc1ccc(/C(O)=C/C(=O)c2ccco2)c(O)c1. The van der Waals surface area contributed by atoms with Crippen LogP contribution in [0.25, 0.3) is 5.76 Å². The van der Waals surface area contributed by atoms with E-state index in [-0.39, 0.29) is 22.8 Å². The highest BCUT2D eigenvalue weighted by Crippen LogP contribution is 2.24. The number of furan rings is 1. The van der Waals surface area contributed by atoms with Crippen molar-refractivity contribution in [1.82, 2.24) is 0 Å². The number of carbonyl (C=O) groups excluding carboxylic acids is 1. The predicted octanol–water partition coefficient (Wildman–Crippen LogP) is 3.08. The molecule has 0 saturated heterocycles. The van der Waals surface area contributed by atoms with Crippen molar-refractivity contribution in [2.45, 2.75) is 6.92 Å². The van der Waals surface area contributed by atoms with Gasteiger partial charge in [-0.3, -0.25) is 4.79 Å². The summed E-state index contributed by atoms with van der Waals surface area (Å²) in [4.78, 5) is 11.7. The Kier molecular flexibility index (Phi) is 3.19. The van der Waals surface area contributed by atoms with E-state index >= 15 is 0 Å². The van der Waals surface area contributed by atoms with Crippen molar-refractivity contribution >= 4 is 11.5 Å². The molecule has 0 fully saturated rings. The smallest absolute Gasteiger partial charge is 0.224 e. The van der Waals surface area contributed by atoms with Crippen molar-refractivity contribution in [2.75, 3.05) is 0 Å². The van der Waals surface area contributed by atoms with E-state index in [0.717, 1.165) is 11.6 Å². The lowest BCUT2D eigenvalue weighted by Gasteiger charge is -2.04. The van der Waals surface area contributed by atoms with Crippen LogP contribution >= 0.6 is 0 Å². The van der Waals surface area contributed by atoms with E-state index < -0.39 is 5.78 Å². The lowest BCUT2D eigenvalue weighted by Crippen LogP contribution is -1.95. The van der Waals surface area contributed by atoms with E-state index in [1.165, 1.54) is 18.4 Å². The van der Waals surface area contributed by atoms with E-state index in [2.05, 4.69) is 0 Å². The number of aliphatic hydroxyl groups is 1. The summed E-state index contributed by atoms with van der Waals surface area (Å²) < 4.78 is 4.91. The van der Waals surface area contributed by atoms with Gasteiger partial charge < -0.3 is 14.6 Å². The number of aliphatic hydroxyl groups excluding tert-OH is 1. The zero-order valence-electron chi connectivity index (χ0n) is 9.75. The highest BCUT2D eigenvalue weighted by Gasteiger charge is 2.11. The van der Waals surface area contributed by atoms with Crippen LogP contribution in [0.2, 0.25) is 0 Å². The number of aryl methyl sites for hydroxylation is 1. The molecule has 4 nitrogen and oxygen atoms in total. The van der Waals surface area contributed by atoms with Gasteiger partial charge in [-0.15, -0.1) is 0 Å². The Labute approximate surface area is 104 Å². The zero-order chi connectivity index (χ0) is 13.1. The van der Waals surface area contributed by atoms with E-state index in [1.807, 2.05) is 6.92 Å². The second-order valence-electron chi connectivity index (χ2n) is 3.89. The molecule has 0 radical (unpaired) electrons. The Morgan fingerprint density at radius 1 is 1.33 bits per heavy atom. The molecule has 18 heavy (non-hydrogen) atoms. The molecule has 1 heterocycles. The standard InChI is InChI=1S/C14H12O4/c1-9-4-5-10(11(15)7-9)12(16)8-13(17)14-3-2-6-18-14/h2-8,15-16H,1H3/b12-8-. The maximum Gasteiger partial charge on any atom is 0.224 e. The molecule has 0 aliphatic heterocycles. The third-order valence-corrected chi connectivity index (χ3v) is 2.46. The Morgan fingerprint density at radius 2 is 2.11 bits per heavy atom. The quantitative estimate of drug-likeness (QED) is 0.494. The normalized spacial score (nSPS) is 11.5. The molecule has 2 rings (SSSR count). The van der Waals surface area contributed by atoms with E-state index in [9.17, 15) is 15.0 Å². The maximum absolute atomic E-state index is 11.7. The van der Waals surface area contributed by atoms with Crippen LogP contribution in [-0.4, -0.2) is 16.0 Å². The summed E-state index contributed by atoms with van der Waals surface area (Å²) in [5.41, 5.74) is 1.07. The molecule has 0 atom stereocenters. The van der Waals surface area contributed by atoms with Crippen LogP contribution in [0.3, 0.4) is 0 Å². The van der Waals surface area contributed by atoms with Crippen molar-refractivity contribution < 1.29 is 19.4 Å². The summed E-state index contributed by atoms with van der Waals surface area (Å²) in [7, 11) is 0. The monoisotopic (exact) mass is 244 g/mol. The third-order valence-electron chi connectivity index (χ3n) is 2.46. The molecule has 0 aliphatic rings. The van der Waals surface area contributed by atoms with Gasteiger partial charge in [0.25, 0.3) is 0 Å². The molecule has 1 aromatic carbocycles. The molecule has 92 valence electrons. The van der Waals surface area contributed by atoms with Gasteiger partial charge in [0.1, 0.15) is 11.5 Å². The molecule has 2 aromatic rings. The van der Waals surface area contributed by atoms with Crippen LogP contribution in [0.15, 0.2) is 47.1 Å². The van der Waals surface area contributed by atoms with Gasteiger partial charge in [0.15, 0.2) is 5.76 Å². The number of hydrogen-bond acceptors (Lipinski definition) is 4. The number of carbonyl (C=O) groups is 1. The molecule has 0 spiro atoms. The average Bonchev–Trinajstić information content (AvgIpc) is 2.81. The Bertz CT molecular complexity index is 594. The molecular weight excluding hydrogens is 232 g/mol. The Balaban J connectivity index is 2.31. The first-order valence-corrected chi connectivity index (χ1v) is 5.36. The molecule has 0 saturated carbocycles. The number of aromatic hydroxyl groups is 1. The van der Waals surface area contributed by atoms with Crippen LogP contribution in [0, 0.1) is 6.92 Å². The van der Waals surface area contributed by atoms with Crippen molar-refractivity contribution in [2.24, 2.45) is 0 Å². The minimum absolute atomic E-state index is 0.0732. The molecule has 0 bridgehead atoms. The summed E-state index contributed by atoms with van der Waals surface area (Å²) in [6.07, 6.45) is 2.39. The van der Waals surface area contributed by atoms with Gasteiger partial charge in [-0.25, -0.2) is 0 Å². The summed E-state index contributed by atoms with van der Waals surface area (Å²) in [6, 6.07) is 7.88. The van der Waals surface area contributed by atoms with Gasteiger partial charge in [-0.1, -0.05) is 6.07 Å². The lowest BCUT2D eigenvalue weighted by atomic mass is 10.1. The van der Waals surface area contributed by atoms with Crippen LogP contribution < -0.4 is 0 Å². The summed E-state index contributed by atoms with van der Waals surface area (Å²) in [6.45, 7) is 1.82. The van der Waals surface area contributed by atoms with Crippen molar-refractivity contribution in [3.8, 4) is 5.75 Å². The number of phenols is 1. The summed E-state index contributed by atoms with van der Waals surface area (Å²) in [5, 5.41) is 19.5. The van der Waals surface area contributed by atoms with Crippen LogP contribution in [0.5, 0.6) is 5.75 Å². The summed E-state index contributed by atoms with van der Waals surface area (Å²) in [5.74, 6) is -0.699. The van der Waals surface area contributed by atoms with Crippen molar-refractivity contribution in [3.05, 3.63) is 59.6 Å². The van der Waals surface area contributed by atoms with Gasteiger partial charge in [0.05, 0.1) is 11.8 Å². The maximum atomic E-state index is 11.7. The van der Waals surface area contributed by atoms with Gasteiger partial charge in [-0.05, 0) is 36.8 Å². The second kappa shape index (κ2) is 4.79. The lowest BCUT2D eigenvalue weighted by molar-refractivity contribution is 0.102. The summed E-state index contributed by atoms with van der Waals surface area (Å²) >= 11 is 0. The molecule has 0 unspecified atom stereocenters. The first kappa shape index (κ1) is 12.0. The van der Waals surface area contributed by atoms with E-state index in [1.54, 1.807) is 18.2 Å². The molecule has 1 aromatic heterocycles. The first-order chi connectivity index (χ1) is 8.58. The minimum Gasteiger partial charge on any atom is -0.507 e. The van der Waals surface area contributed by atoms with Gasteiger partial charge in [0.2, 0.25) is 5.78 Å². The van der Waals surface area contributed by atoms with Crippen molar-refractivity contribution in [1.29, 1.82) is 0 Å². The van der Waals surface area contributed by atoms with Gasteiger partial charge in [0, 0.05) is 6.08 Å². The molecule has 2 N–H and O–H groups in total. The number of phenolic OH excluding ortho intramolecular Hbond substituents is 1. The molecule has 0 amide bonds. The average molecular weight is 244 g/mol. The predicted molar refractivity (Wildman–Crippen MR) is 66.5 cm³/mol. The first-order valence-electron chi connectivity index (χ1n) is 5.36. The zero-order valence-corrected chi connectivity index (χ0v) is 9.75. The van der Waals surface area contributed by atoms with Crippen molar-refractivity contribution in [3.63, 3.8) is 0 Å². The van der Waals surface area contributed by atoms with Crippen LogP contribution in [-0.2, 0) is 0 Å². The minimum atomic E-state index is -0.461. The van der Waals surface area contributed by atoms with Crippen LogP contribution in [0.4, 0.5) is 0 Å². The Morgan fingerprint density at radius 3 is 2.72 bits per heavy atom. The fourth-order valence-electron chi connectivity index (χ4n) is 1.55. The Hall–Kier alpha value is -2.49. The highest BCUT2D eigenvalue weighted by molar-refractivity contribution is 6.06. The fraction of sp³-hybridized carbons (Fsp3) is 0.0714. The number of ketones is 1. The van der Waals surface area contributed by atoms with Crippen LogP contribution in [0.1, 0.15) is 21.7 Å². The van der Waals surface area contributed by atoms with Gasteiger partial charge >= 0.3 is 0 Å². The second-order valence-corrected chi connectivity index (χ2v) is 3.89. The number of allylic oxidation sites excluding steroid dienone is 1. The third kappa shape index (κ3) is 2.43. The molecule has 4 heteroatoms. The molecule has 0 aliphatic carbocycles. The number of hydrogen-bond donors (Lipinski definition) is 2. The van der Waals surface area contributed by atoms with E-state index in [4.69, 9.17) is 4.42 Å². The van der Waals surface area contributed by atoms with E-state index in [0.29, 0.717) is 0 Å². The highest BCUT2D eigenvalue weighted by atomic mass is 16.3. The molecular formula is C14H12O4. The number of rotatable bonds is 3. The topological polar surface area (TPSA) is 70.7 Å². The fourth-order valence-corrected chi connectivity index (χ4v) is 1.55.